The molecule has 0 bridgehead atoms. The van der Waals surface area contributed by atoms with Crippen molar-refractivity contribution in [2.24, 2.45) is 0 Å². The molecule has 1 heterocycles. The van der Waals surface area contributed by atoms with Crippen molar-refractivity contribution in [1.29, 1.82) is 0 Å². The zero-order valence-corrected chi connectivity index (χ0v) is 44.2. The Balaban J connectivity index is 2.74. The number of unbranched alkanes of at least 4 members (excludes halogenated alkanes) is 17. The lowest BCUT2D eigenvalue weighted by Crippen LogP contribution is -2.61. The van der Waals surface area contributed by atoms with Crippen LogP contribution in [0.3, 0.4) is 0 Å². The van der Waals surface area contributed by atoms with Crippen LogP contribution >= 0.6 is 0 Å². The molecule has 1 aliphatic rings. The first-order valence-corrected chi connectivity index (χ1v) is 27.6. The van der Waals surface area contributed by atoms with E-state index in [-0.39, 0.29) is 25.9 Å². The zero-order valence-electron chi connectivity index (χ0n) is 44.2. The topological polar surface area (TPSA) is 175 Å². The molecule has 0 aromatic heterocycles. The van der Waals surface area contributed by atoms with Gasteiger partial charge in [0, 0.05) is 19.3 Å². The second-order valence-electron chi connectivity index (χ2n) is 18.5. The predicted molar refractivity (Wildman–Crippen MR) is 284 cm³/mol. The minimum absolute atomic E-state index is 0.0425. The zero-order chi connectivity index (χ0) is 51.8. The van der Waals surface area contributed by atoms with Crippen LogP contribution in [0.4, 0.5) is 0 Å². The fraction of sp³-hybridized carbons (Fsp3) is 0.695. The number of allylic oxidation sites excluding steroid dienone is 14. The number of carboxylic acids is 1. The Hall–Kier alpha value is -4.10. The van der Waals surface area contributed by atoms with E-state index in [4.69, 9.17) is 23.7 Å². The average Bonchev–Trinajstić information content (AvgIpc) is 3.35. The largest absolute Gasteiger partial charge is 0.479 e. The van der Waals surface area contributed by atoms with Crippen molar-refractivity contribution in [3.05, 3.63) is 85.1 Å². The maximum atomic E-state index is 13.1. The fourth-order valence-corrected chi connectivity index (χ4v) is 7.67. The van der Waals surface area contributed by atoms with E-state index >= 15 is 0 Å². The van der Waals surface area contributed by atoms with Crippen LogP contribution < -0.4 is 0 Å². The number of aliphatic carboxylic acids is 1. The maximum Gasteiger partial charge on any atom is 0.335 e. The molecular formula is C59H96O12. The van der Waals surface area contributed by atoms with Crippen LogP contribution in [0.1, 0.15) is 213 Å². The molecule has 404 valence electrons. The van der Waals surface area contributed by atoms with Gasteiger partial charge in [-0.25, -0.2) is 4.79 Å². The van der Waals surface area contributed by atoms with Crippen molar-refractivity contribution in [3.8, 4) is 0 Å². The summed E-state index contributed by atoms with van der Waals surface area (Å²) in [5, 5.41) is 31.4. The number of esters is 3. The number of hydrogen-bond donors (Lipinski definition) is 3. The number of hydrogen-bond acceptors (Lipinski definition) is 11. The van der Waals surface area contributed by atoms with Crippen molar-refractivity contribution in [2.45, 2.75) is 250 Å². The molecule has 12 heteroatoms. The first-order chi connectivity index (χ1) is 34.6. The predicted octanol–water partition coefficient (Wildman–Crippen LogP) is 13.6. The Labute approximate surface area is 429 Å². The van der Waals surface area contributed by atoms with Gasteiger partial charge in [0.05, 0.1) is 6.61 Å². The van der Waals surface area contributed by atoms with Gasteiger partial charge in [-0.05, 0) is 103 Å². The summed E-state index contributed by atoms with van der Waals surface area (Å²) in [5.41, 5.74) is 0. The maximum absolute atomic E-state index is 13.1. The third-order valence-corrected chi connectivity index (χ3v) is 11.9. The van der Waals surface area contributed by atoms with Gasteiger partial charge in [0.2, 0.25) is 0 Å². The molecule has 0 aromatic carbocycles. The second kappa shape index (κ2) is 46.9. The van der Waals surface area contributed by atoms with Gasteiger partial charge in [0.25, 0.3) is 0 Å². The molecule has 1 fully saturated rings. The van der Waals surface area contributed by atoms with Crippen LogP contribution in [0.5, 0.6) is 0 Å². The lowest BCUT2D eigenvalue weighted by Gasteiger charge is -2.40. The molecule has 0 radical (unpaired) electrons. The van der Waals surface area contributed by atoms with Crippen LogP contribution in [-0.2, 0) is 42.9 Å². The number of carbonyl (C=O) groups is 4. The lowest BCUT2D eigenvalue weighted by atomic mass is 9.98. The van der Waals surface area contributed by atoms with E-state index in [1.165, 1.54) is 12.8 Å². The summed E-state index contributed by atoms with van der Waals surface area (Å²) in [4.78, 5) is 50.9. The van der Waals surface area contributed by atoms with Crippen LogP contribution in [-0.4, -0.2) is 89.2 Å². The molecule has 12 nitrogen and oxygen atoms in total. The average molecular weight is 997 g/mol. The standard InChI is InChI=1S/C59H96O12/c1-4-7-10-13-16-19-22-24-25-26-27-29-31-33-36-39-42-45-51(60)67-48-50(69-52(61)46-43-40-37-35-32-28-23-20-17-14-11-8-5-2)49-68-59-57(55(64)54(63)56(71-59)58(65)66)70-53(62)47-44-41-38-34-30-21-18-15-12-9-6-3/h7,10-11,14-16,18-20,23-25,27,29,50,54-57,59,63-64H,4-6,8-9,12-13,17,21-22,26,28,30-49H2,1-3H3,(H,65,66)/b10-7-,14-11-,18-15-,19-16-,23-20-,25-24-,29-27-. The SMILES string of the molecule is CC/C=C\C/C=C\C/C=C\C/C=C\CCCCCCC(=O)OCC(COC1OC(C(=O)O)C(O)C(O)C1OC(=O)CCCCCCC/C=C\CCCC)OC(=O)CCCCCCC/C=C\C/C=C\CCC. The van der Waals surface area contributed by atoms with Crippen LogP contribution in [0, 0.1) is 0 Å². The fourth-order valence-electron chi connectivity index (χ4n) is 7.67. The van der Waals surface area contributed by atoms with Crippen molar-refractivity contribution < 1.29 is 58.2 Å². The monoisotopic (exact) mass is 997 g/mol. The number of aliphatic hydroxyl groups excluding tert-OH is 2. The second-order valence-corrected chi connectivity index (χ2v) is 18.5. The summed E-state index contributed by atoms with van der Waals surface area (Å²) in [6.45, 7) is 5.71. The molecule has 0 aliphatic carbocycles. The highest BCUT2D eigenvalue weighted by Gasteiger charge is 2.50. The molecule has 0 saturated carbocycles. The van der Waals surface area contributed by atoms with E-state index in [0.717, 1.165) is 141 Å². The van der Waals surface area contributed by atoms with Gasteiger partial charge < -0.3 is 39.0 Å². The normalized spacial score (nSPS) is 19.1. The summed E-state index contributed by atoms with van der Waals surface area (Å²) < 4.78 is 28.3. The van der Waals surface area contributed by atoms with Gasteiger partial charge >= 0.3 is 23.9 Å². The number of rotatable bonds is 45. The summed E-state index contributed by atoms with van der Waals surface area (Å²) in [7, 11) is 0. The molecule has 6 unspecified atom stereocenters. The minimum atomic E-state index is -1.91. The molecule has 0 amide bonds. The molecule has 3 N–H and O–H groups in total. The molecule has 1 saturated heterocycles. The molecular weight excluding hydrogens is 901 g/mol. The first kappa shape index (κ1) is 64.9. The van der Waals surface area contributed by atoms with Crippen molar-refractivity contribution in [3.63, 3.8) is 0 Å². The first-order valence-electron chi connectivity index (χ1n) is 27.6. The molecule has 1 rings (SSSR count). The third-order valence-electron chi connectivity index (χ3n) is 11.9. The smallest absolute Gasteiger partial charge is 0.335 e. The molecule has 6 atom stereocenters. The Morgan fingerprint density at radius 2 is 0.915 bits per heavy atom. The quantitative estimate of drug-likeness (QED) is 0.0228. The molecule has 71 heavy (non-hydrogen) atoms. The van der Waals surface area contributed by atoms with E-state index < -0.39 is 67.3 Å². The summed E-state index contributed by atoms with van der Waals surface area (Å²) >= 11 is 0. The number of carbonyl (C=O) groups excluding carboxylic acids is 3. The van der Waals surface area contributed by atoms with Crippen molar-refractivity contribution in [2.75, 3.05) is 13.2 Å². The Morgan fingerprint density at radius 1 is 0.479 bits per heavy atom. The van der Waals surface area contributed by atoms with E-state index in [1.807, 2.05) is 0 Å². The highest BCUT2D eigenvalue weighted by molar-refractivity contribution is 5.74. The Kier molecular flexibility index (Phi) is 42.9. The van der Waals surface area contributed by atoms with Crippen molar-refractivity contribution >= 4 is 23.9 Å². The Bertz CT molecular complexity index is 1560. The highest BCUT2D eigenvalue weighted by Crippen LogP contribution is 2.26. The van der Waals surface area contributed by atoms with E-state index in [0.29, 0.717) is 19.3 Å². The summed E-state index contributed by atoms with van der Waals surface area (Å²) in [6.07, 6.45) is 47.1. The van der Waals surface area contributed by atoms with E-state index in [1.54, 1.807) is 0 Å². The van der Waals surface area contributed by atoms with Gasteiger partial charge in [0.15, 0.2) is 24.6 Å². The van der Waals surface area contributed by atoms with Gasteiger partial charge in [0.1, 0.15) is 18.8 Å². The Morgan fingerprint density at radius 3 is 1.42 bits per heavy atom. The minimum Gasteiger partial charge on any atom is -0.479 e. The molecule has 1 aliphatic heterocycles. The van der Waals surface area contributed by atoms with Gasteiger partial charge in [-0.1, -0.05) is 176 Å². The van der Waals surface area contributed by atoms with E-state index in [2.05, 4.69) is 106 Å². The summed E-state index contributed by atoms with van der Waals surface area (Å²) in [6, 6.07) is 0. The number of ether oxygens (including phenoxy) is 5. The molecule has 0 aromatic rings. The highest BCUT2D eigenvalue weighted by atomic mass is 16.7. The lowest BCUT2D eigenvalue weighted by molar-refractivity contribution is -0.301. The van der Waals surface area contributed by atoms with Crippen LogP contribution in [0.15, 0.2) is 85.1 Å². The van der Waals surface area contributed by atoms with Gasteiger partial charge in [-0.15, -0.1) is 0 Å². The van der Waals surface area contributed by atoms with E-state index in [9.17, 15) is 34.5 Å². The van der Waals surface area contributed by atoms with Crippen LogP contribution in [0.25, 0.3) is 0 Å². The summed E-state index contributed by atoms with van der Waals surface area (Å²) in [5.74, 6) is -3.19. The number of aliphatic hydroxyl groups is 2. The third kappa shape index (κ3) is 37.3. The number of carboxylic acid groups (broad SMARTS) is 1. The van der Waals surface area contributed by atoms with Gasteiger partial charge in [-0.3, -0.25) is 14.4 Å². The van der Waals surface area contributed by atoms with Gasteiger partial charge in [-0.2, -0.15) is 0 Å². The molecule has 0 spiro atoms. The van der Waals surface area contributed by atoms with Crippen LogP contribution in [0.2, 0.25) is 0 Å². The van der Waals surface area contributed by atoms with Crippen molar-refractivity contribution in [1.82, 2.24) is 0 Å².